The standard InChI is InChI=1S/C10H13N3O2/c11-5-9-6-15-7-10(14)13(9)8-1-3-12-4-2-8/h1-4,9H,5-7,11H2. The summed E-state index contributed by atoms with van der Waals surface area (Å²) in [5.41, 5.74) is 6.43. The summed E-state index contributed by atoms with van der Waals surface area (Å²) in [6.45, 7) is 1.01. The van der Waals surface area contributed by atoms with Gasteiger partial charge in [-0.2, -0.15) is 0 Å². The molecule has 2 heterocycles. The van der Waals surface area contributed by atoms with Gasteiger partial charge < -0.3 is 15.4 Å². The molecule has 1 fully saturated rings. The van der Waals surface area contributed by atoms with E-state index in [4.69, 9.17) is 10.5 Å². The summed E-state index contributed by atoms with van der Waals surface area (Å²) in [5.74, 6) is -0.0529. The Kier molecular flexibility index (Phi) is 2.94. The average molecular weight is 207 g/mol. The van der Waals surface area contributed by atoms with E-state index in [1.54, 1.807) is 29.4 Å². The Morgan fingerprint density at radius 3 is 2.93 bits per heavy atom. The predicted octanol–water partition coefficient (Wildman–Crippen LogP) is -0.228. The van der Waals surface area contributed by atoms with Gasteiger partial charge in [-0.1, -0.05) is 0 Å². The molecule has 80 valence electrons. The van der Waals surface area contributed by atoms with Crippen molar-refractivity contribution in [1.82, 2.24) is 4.98 Å². The number of aromatic nitrogens is 1. The minimum atomic E-state index is -0.0753. The lowest BCUT2D eigenvalue weighted by molar-refractivity contribution is -0.127. The molecule has 1 aromatic heterocycles. The SMILES string of the molecule is NCC1COCC(=O)N1c1ccncc1. The van der Waals surface area contributed by atoms with Crippen molar-refractivity contribution in [2.24, 2.45) is 5.73 Å². The van der Waals surface area contributed by atoms with Crippen molar-refractivity contribution in [3.63, 3.8) is 0 Å². The molecule has 2 rings (SSSR count). The Morgan fingerprint density at radius 1 is 1.53 bits per heavy atom. The molecular weight excluding hydrogens is 194 g/mol. The van der Waals surface area contributed by atoms with Crippen LogP contribution in [0.3, 0.4) is 0 Å². The van der Waals surface area contributed by atoms with Gasteiger partial charge in [0.15, 0.2) is 0 Å². The summed E-state index contributed by atoms with van der Waals surface area (Å²) in [6.07, 6.45) is 3.32. The van der Waals surface area contributed by atoms with Crippen molar-refractivity contribution >= 4 is 11.6 Å². The molecule has 1 amide bonds. The second-order valence-electron chi connectivity index (χ2n) is 3.37. The first-order valence-electron chi connectivity index (χ1n) is 4.83. The molecule has 1 unspecified atom stereocenters. The van der Waals surface area contributed by atoms with Crippen LogP contribution in [-0.2, 0) is 9.53 Å². The fourth-order valence-electron chi connectivity index (χ4n) is 1.66. The average Bonchev–Trinajstić information content (AvgIpc) is 2.29. The van der Waals surface area contributed by atoms with Gasteiger partial charge in [-0.3, -0.25) is 9.78 Å². The Bertz CT molecular complexity index is 342. The fraction of sp³-hybridized carbons (Fsp3) is 0.400. The van der Waals surface area contributed by atoms with Crippen molar-refractivity contribution in [2.45, 2.75) is 6.04 Å². The third kappa shape index (κ3) is 1.98. The van der Waals surface area contributed by atoms with E-state index in [0.717, 1.165) is 5.69 Å². The van der Waals surface area contributed by atoms with E-state index in [2.05, 4.69) is 4.98 Å². The van der Waals surface area contributed by atoms with Crippen molar-refractivity contribution in [1.29, 1.82) is 0 Å². The van der Waals surface area contributed by atoms with Crippen LogP contribution in [0.4, 0.5) is 5.69 Å². The number of nitrogens with zero attached hydrogens (tertiary/aromatic N) is 2. The van der Waals surface area contributed by atoms with Gasteiger partial charge in [0.2, 0.25) is 0 Å². The molecule has 0 aliphatic carbocycles. The van der Waals surface area contributed by atoms with Crippen LogP contribution in [-0.4, -0.2) is 36.7 Å². The maximum Gasteiger partial charge on any atom is 0.253 e. The minimum absolute atomic E-state index is 0.0529. The van der Waals surface area contributed by atoms with Crippen LogP contribution in [0, 0.1) is 0 Å². The maximum atomic E-state index is 11.7. The fourth-order valence-corrected chi connectivity index (χ4v) is 1.66. The number of carbonyl (C=O) groups excluding carboxylic acids is 1. The Morgan fingerprint density at radius 2 is 2.27 bits per heavy atom. The smallest absolute Gasteiger partial charge is 0.253 e. The number of hydrogen-bond acceptors (Lipinski definition) is 4. The van der Waals surface area contributed by atoms with Crippen LogP contribution in [0.15, 0.2) is 24.5 Å². The molecule has 0 radical (unpaired) electrons. The predicted molar refractivity (Wildman–Crippen MR) is 55.4 cm³/mol. The van der Waals surface area contributed by atoms with Crippen molar-refractivity contribution < 1.29 is 9.53 Å². The zero-order valence-corrected chi connectivity index (χ0v) is 8.30. The van der Waals surface area contributed by atoms with Crippen LogP contribution in [0.5, 0.6) is 0 Å². The molecule has 1 aromatic rings. The van der Waals surface area contributed by atoms with E-state index < -0.39 is 0 Å². The summed E-state index contributed by atoms with van der Waals surface area (Å²) in [5, 5.41) is 0. The third-order valence-corrected chi connectivity index (χ3v) is 2.38. The quantitative estimate of drug-likeness (QED) is 0.727. The molecule has 0 saturated carbocycles. The number of amides is 1. The highest BCUT2D eigenvalue weighted by Crippen LogP contribution is 2.18. The monoisotopic (exact) mass is 207 g/mol. The second kappa shape index (κ2) is 4.37. The van der Waals surface area contributed by atoms with E-state index in [0.29, 0.717) is 13.2 Å². The number of pyridine rings is 1. The van der Waals surface area contributed by atoms with E-state index in [-0.39, 0.29) is 18.6 Å². The Balaban J connectivity index is 2.27. The molecule has 0 bridgehead atoms. The van der Waals surface area contributed by atoms with Crippen molar-refractivity contribution in [3.05, 3.63) is 24.5 Å². The number of ether oxygens (including phenoxy) is 1. The van der Waals surface area contributed by atoms with Gasteiger partial charge in [-0.25, -0.2) is 0 Å². The van der Waals surface area contributed by atoms with Crippen LogP contribution in [0.25, 0.3) is 0 Å². The second-order valence-corrected chi connectivity index (χ2v) is 3.37. The normalized spacial score (nSPS) is 21.8. The van der Waals surface area contributed by atoms with E-state index >= 15 is 0 Å². The maximum absolute atomic E-state index is 11.7. The largest absolute Gasteiger partial charge is 0.369 e. The molecule has 1 saturated heterocycles. The minimum Gasteiger partial charge on any atom is -0.369 e. The Hall–Kier alpha value is -1.46. The van der Waals surface area contributed by atoms with Crippen molar-refractivity contribution in [3.8, 4) is 0 Å². The van der Waals surface area contributed by atoms with Gasteiger partial charge in [0.05, 0.1) is 12.6 Å². The first-order valence-corrected chi connectivity index (χ1v) is 4.83. The molecule has 15 heavy (non-hydrogen) atoms. The van der Waals surface area contributed by atoms with Crippen LogP contribution >= 0.6 is 0 Å². The van der Waals surface area contributed by atoms with Gasteiger partial charge >= 0.3 is 0 Å². The third-order valence-electron chi connectivity index (χ3n) is 2.38. The van der Waals surface area contributed by atoms with Crippen LogP contribution in [0.2, 0.25) is 0 Å². The molecule has 2 N–H and O–H groups in total. The molecule has 0 aromatic carbocycles. The number of anilines is 1. The molecule has 0 spiro atoms. The van der Waals surface area contributed by atoms with Gasteiger partial charge in [0.25, 0.3) is 5.91 Å². The molecular formula is C10H13N3O2. The first kappa shape index (κ1) is 10.1. The number of carbonyl (C=O) groups is 1. The van der Waals surface area contributed by atoms with Gasteiger partial charge in [0, 0.05) is 24.6 Å². The molecule has 1 aliphatic heterocycles. The zero-order chi connectivity index (χ0) is 10.7. The Labute approximate surface area is 87.8 Å². The lowest BCUT2D eigenvalue weighted by atomic mass is 10.2. The number of hydrogen-bond donors (Lipinski definition) is 1. The van der Waals surface area contributed by atoms with Gasteiger partial charge in [-0.05, 0) is 12.1 Å². The molecule has 1 atom stereocenters. The molecule has 5 heteroatoms. The van der Waals surface area contributed by atoms with Crippen molar-refractivity contribution in [2.75, 3.05) is 24.7 Å². The number of morpholine rings is 1. The lowest BCUT2D eigenvalue weighted by Crippen LogP contribution is -2.53. The highest BCUT2D eigenvalue weighted by atomic mass is 16.5. The summed E-state index contributed by atoms with van der Waals surface area (Å²) < 4.78 is 5.15. The highest BCUT2D eigenvalue weighted by molar-refractivity contribution is 5.95. The molecule has 1 aliphatic rings. The number of nitrogens with two attached hydrogens (primary N) is 1. The van der Waals surface area contributed by atoms with E-state index in [9.17, 15) is 4.79 Å². The van der Waals surface area contributed by atoms with E-state index in [1.165, 1.54) is 0 Å². The van der Waals surface area contributed by atoms with Gasteiger partial charge in [-0.15, -0.1) is 0 Å². The highest BCUT2D eigenvalue weighted by Gasteiger charge is 2.28. The summed E-state index contributed by atoms with van der Waals surface area (Å²) >= 11 is 0. The number of rotatable bonds is 2. The first-order chi connectivity index (χ1) is 7.33. The summed E-state index contributed by atoms with van der Waals surface area (Å²) in [4.78, 5) is 17.3. The van der Waals surface area contributed by atoms with E-state index in [1.807, 2.05) is 0 Å². The summed E-state index contributed by atoms with van der Waals surface area (Å²) in [6, 6.07) is 3.52. The van der Waals surface area contributed by atoms with Gasteiger partial charge in [0.1, 0.15) is 6.61 Å². The lowest BCUT2D eigenvalue weighted by Gasteiger charge is -2.34. The topological polar surface area (TPSA) is 68.5 Å². The molecule has 5 nitrogen and oxygen atoms in total. The zero-order valence-electron chi connectivity index (χ0n) is 8.30. The summed E-state index contributed by atoms with van der Waals surface area (Å²) in [7, 11) is 0. The van der Waals surface area contributed by atoms with Crippen LogP contribution < -0.4 is 10.6 Å². The van der Waals surface area contributed by atoms with Crippen LogP contribution in [0.1, 0.15) is 0 Å².